The fourth-order valence-corrected chi connectivity index (χ4v) is 2.13. The van der Waals surface area contributed by atoms with Crippen LogP contribution in [0.4, 0.5) is 5.69 Å². The zero-order chi connectivity index (χ0) is 18.2. The van der Waals surface area contributed by atoms with Crippen LogP contribution in [0.2, 0.25) is 0 Å². The molecule has 7 nitrogen and oxygen atoms in total. The molecule has 7 heteroatoms. The molecule has 0 fully saturated rings. The second-order valence-electron chi connectivity index (χ2n) is 4.93. The number of amides is 1. The molecule has 0 aliphatic heterocycles. The summed E-state index contributed by atoms with van der Waals surface area (Å²) in [5, 5.41) is 2.69. The minimum Gasteiger partial charge on any atom is -0.497 e. The first-order valence-corrected chi connectivity index (χ1v) is 7.39. The predicted molar refractivity (Wildman–Crippen MR) is 92.1 cm³/mol. The summed E-state index contributed by atoms with van der Waals surface area (Å²) in [5.74, 6) is 1.52. The van der Waals surface area contributed by atoms with Crippen LogP contribution in [0.15, 0.2) is 36.4 Å². The van der Waals surface area contributed by atoms with E-state index in [9.17, 15) is 9.59 Å². The van der Waals surface area contributed by atoms with Gasteiger partial charge in [0.2, 0.25) is 0 Å². The summed E-state index contributed by atoms with van der Waals surface area (Å²) in [5.41, 5.74) is 0.842. The molecule has 2 aromatic carbocycles. The zero-order valence-corrected chi connectivity index (χ0v) is 14.2. The highest BCUT2D eigenvalue weighted by molar-refractivity contribution is 5.92. The summed E-state index contributed by atoms with van der Waals surface area (Å²) < 4.78 is 20.8. The van der Waals surface area contributed by atoms with Gasteiger partial charge >= 0.3 is 0 Å². The molecule has 2 aromatic rings. The lowest BCUT2D eigenvalue weighted by Crippen LogP contribution is -2.20. The first kappa shape index (κ1) is 18.1. The van der Waals surface area contributed by atoms with E-state index in [0.717, 1.165) is 0 Å². The molecule has 0 aliphatic carbocycles. The number of hydrogen-bond donors (Lipinski definition) is 1. The highest BCUT2D eigenvalue weighted by atomic mass is 16.5. The Morgan fingerprint density at radius 3 is 2.32 bits per heavy atom. The van der Waals surface area contributed by atoms with Crippen molar-refractivity contribution in [3.8, 4) is 23.0 Å². The number of ether oxygens (including phenoxy) is 4. The lowest BCUT2D eigenvalue weighted by atomic mass is 10.2. The molecule has 0 radical (unpaired) electrons. The van der Waals surface area contributed by atoms with Crippen molar-refractivity contribution in [2.45, 2.75) is 0 Å². The van der Waals surface area contributed by atoms with Crippen molar-refractivity contribution in [3.05, 3.63) is 42.0 Å². The summed E-state index contributed by atoms with van der Waals surface area (Å²) in [7, 11) is 4.54. The van der Waals surface area contributed by atoms with Crippen molar-refractivity contribution in [1.82, 2.24) is 0 Å². The maximum absolute atomic E-state index is 12.0. The summed E-state index contributed by atoms with van der Waals surface area (Å²) >= 11 is 0. The van der Waals surface area contributed by atoms with E-state index in [1.807, 2.05) is 0 Å². The maximum Gasteiger partial charge on any atom is 0.262 e. The Bertz CT molecular complexity index is 759. The van der Waals surface area contributed by atoms with Gasteiger partial charge in [0.1, 0.15) is 11.5 Å². The molecule has 0 aliphatic rings. The Balaban J connectivity index is 2.00. The largest absolute Gasteiger partial charge is 0.497 e. The Morgan fingerprint density at radius 1 is 0.960 bits per heavy atom. The standard InChI is InChI=1S/C18H19NO6/c1-22-14-5-7-15(12(8-14)10-20)25-11-18(21)19-13-4-6-16(23-2)17(9-13)24-3/h4-10H,11H2,1-3H3,(H,19,21). The molecule has 1 N–H and O–H groups in total. The average Bonchev–Trinajstić information content (AvgIpc) is 2.65. The quantitative estimate of drug-likeness (QED) is 0.740. The van der Waals surface area contributed by atoms with E-state index in [-0.39, 0.29) is 12.5 Å². The van der Waals surface area contributed by atoms with Crippen molar-refractivity contribution >= 4 is 17.9 Å². The van der Waals surface area contributed by atoms with Crippen molar-refractivity contribution in [2.24, 2.45) is 0 Å². The second kappa shape index (κ2) is 8.58. The van der Waals surface area contributed by atoms with E-state index < -0.39 is 0 Å². The Hall–Kier alpha value is -3.22. The normalized spacial score (nSPS) is 9.88. The van der Waals surface area contributed by atoms with Gasteiger partial charge in [0, 0.05) is 11.8 Å². The van der Waals surface area contributed by atoms with Crippen LogP contribution in [-0.2, 0) is 4.79 Å². The average molecular weight is 345 g/mol. The molecule has 0 spiro atoms. The van der Waals surface area contributed by atoms with Gasteiger partial charge in [-0.3, -0.25) is 9.59 Å². The highest BCUT2D eigenvalue weighted by Crippen LogP contribution is 2.29. The molecular weight excluding hydrogens is 326 g/mol. The lowest BCUT2D eigenvalue weighted by molar-refractivity contribution is -0.118. The maximum atomic E-state index is 12.0. The lowest BCUT2D eigenvalue weighted by Gasteiger charge is -2.12. The van der Waals surface area contributed by atoms with Crippen LogP contribution in [0.25, 0.3) is 0 Å². The van der Waals surface area contributed by atoms with Gasteiger partial charge in [-0.2, -0.15) is 0 Å². The van der Waals surface area contributed by atoms with E-state index in [2.05, 4.69) is 5.32 Å². The van der Waals surface area contributed by atoms with Crippen LogP contribution in [-0.4, -0.2) is 40.1 Å². The summed E-state index contributed by atoms with van der Waals surface area (Å²) in [4.78, 5) is 23.1. The number of anilines is 1. The van der Waals surface area contributed by atoms with E-state index in [4.69, 9.17) is 18.9 Å². The number of nitrogens with one attached hydrogen (secondary N) is 1. The zero-order valence-electron chi connectivity index (χ0n) is 14.2. The van der Waals surface area contributed by atoms with E-state index in [1.165, 1.54) is 27.4 Å². The third-order valence-corrected chi connectivity index (χ3v) is 3.37. The molecule has 132 valence electrons. The summed E-state index contributed by atoms with van der Waals surface area (Å²) in [6, 6.07) is 9.77. The molecule has 0 saturated carbocycles. The molecular formula is C18H19NO6. The smallest absolute Gasteiger partial charge is 0.262 e. The topological polar surface area (TPSA) is 83.1 Å². The molecule has 25 heavy (non-hydrogen) atoms. The second-order valence-corrected chi connectivity index (χ2v) is 4.93. The fourth-order valence-electron chi connectivity index (χ4n) is 2.13. The van der Waals surface area contributed by atoms with Gasteiger partial charge in [0.05, 0.1) is 26.9 Å². The number of rotatable bonds is 8. The van der Waals surface area contributed by atoms with Gasteiger partial charge in [0.15, 0.2) is 24.4 Å². The van der Waals surface area contributed by atoms with E-state index in [0.29, 0.717) is 40.5 Å². The minimum absolute atomic E-state index is 0.248. The van der Waals surface area contributed by atoms with Crippen molar-refractivity contribution in [2.75, 3.05) is 33.3 Å². The van der Waals surface area contributed by atoms with Crippen LogP contribution in [0.1, 0.15) is 10.4 Å². The van der Waals surface area contributed by atoms with Crippen molar-refractivity contribution in [3.63, 3.8) is 0 Å². The predicted octanol–water partition coefficient (Wildman–Crippen LogP) is 2.54. The molecule has 1 amide bonds. The van der Waals surface area contributed by atoms with Gasteiger partial charge < -0.3 is 24.3 Å². The summed E-state index contributed by atoms with van der Waals surface area (Å²) in [6.07, 6.45) is 0.643. The van der Waals surface area contributed by atoms with E-state index >= 15 is 0 Å². The molecule has 0 unspecified atom stereocenters. The number of benzene rings is 2. The third-order valence-electron chi connectivity index (χ3n) is 3.37. The SMILES string of the molecule is COc1ccc(OCC(=O)Nc2ccc(OC)c(OC)c2)c(C=O)c1. The van der Waals surface area contributed by atoms with Crippen molar-refractivity contribution < 1.29 is 28.5 Å². The Morgan fingerprint density at radius 2 is 1.68 bits per heavy atom. The highest BCUT2D eigenvalue weighted by Gasteiger charge is 2.10. The van der Waals surface area contributed by atoms with Crippen LogP contribution in [0.5, 0.6) is 23.0 Å². The van der Waals surface area contributed by atoms with Crippen molar-refractivity contribution in [1.29, 1.82) is 0 Å². The van der Waals surface area contributed by atoms with Crippen LogP contribution >= 0.6 is 0 Å². The Kier molecular flexibility index (Phi) is 6.22. The van der Waals surface area contributed by atoms with Crippen LogP contribution < -0.4 is 24.3 Å². The number of methoxy groups -OCH3 is 3. The monoisotopic (exact) mass is 345 g/mol. The molecule has 0 saturated heterocycles. The van der Waals surface area contributed by atoms with Crippen LogP contribution in [0, 0.1) is 0 Å². The molecule has 0 heterocycles. The van der Waals surface area contributed by atoms with Gasteiger partial charge in [-0.25, -0.2) is 0 Å². The fraction of sp³-hybridized carbons (Fsp3) is 0.222. The number of carbonyl (C=O) groups excluding carboxylic acids is 2. The Labute approximate surface area is 145 Å². The minimum atomic E-state index is -0.375. The van der Waals surface area contributed by atoms with Gasteiger partial charge in [-0.1, -0.05) is 0 Å². The molecule has 0 atom stereocenters. The third kappa shape index (κ3) is 4.63. The molecule has 2 rings (SSSR count). The first-order chi connectivity index (χ1) is 12.1. The van der Waals surface area contributed by atoms with Gasteiger partial charge in [-0.05, 0) is 30.3 Å². The van der Waals surface area contributed by atoms with Gasteiger partial charge in [-0.15, -0.1) is 0 Å². The molecule has 0 aromatic heterocycles. The first-order valence-electron chi connectivity index (χ1n) is 7.39. The van der Waals surface area contributed by atoms with Gasteiger partial charge in [0.25, 0.3) is 5.91 Å². The number of aldehydes is 1. The molecule has 0 bridgehead atoms. The van der Waals surface area contributed by atoms with E-state index in [1.54, 1.807) is 30.3 Å². The number of hydrogen-bond acceptors (Lipinski definition) is 6. The van der Waals surface area contributed by atoms with Crippen LogP contribution in [0.3, 0.4) is 0 Å². The summed E-state index contributed by atoms with van der Waals surface area (Å²) in [6.45, 7) is -0.248. The number of carbonyl (C=O) groups is 2.